The Morgan fingerprint density at radius 1 is 0.545 bits per heavy atom. The molecule has 2 aliphatic carbocycles. The Morgan fingerprint density at radius 3 is 1.38 bits per heavy atom. The highest BCUT2D eigenvalue weighted by Crippen LogP contribution is 2.27. The molecule has 0 unspecified atom stereocenters. The Labute approximate surface area is 340 Å². The van der Waals surface area contributed by atoms with Gasteiger partial charge < -0.3 is 30.7 Å². The quantitative estimate of drug-likeness (QED) is 0.384. The van der Waals surface area contributed by atoms with Gasteiger partial charge in [0.15, 0.2) is 0 Å². The Hall–Kier alpha value is -3.13. The maximum atomic E-state index is 12.7. The Kier molecular flexibility index (Phi) is 15.0. The van der Waals surface area contributed by atoms with Crippen LogP contribution in [0.5, 0.6) is 0 Å². The minimum atomic E-state index is -0.461. The van der Waals surface area contributed by atoms with Crippen LogP contribution in [0, 0.1) is 0 Å². The van der Waals surface area contributed by atoms with E-state index in [0.717, 1.165) is 90.4 Å². The van der Waals surface area contributed by atoms with Crippen molar-refractivity contribution in [1.29, 1.82) is 0 Å². The van der Waals surface area contributed by atoms with Crippen LogP contribution >= 0.6 is 34.8 Å². The normalized spacial score (nSPS) is 21.5. The molecular weight excluding hydrogens is 763 g/mol. The zero-order valence-corrected chi connectivity index (χ0v) is 33.9. The first kappa shape index (κ1) is 41.5. The first-order valence-electron chi connectivity index (χ1n) is 19.9. The molecule has 12 nitrogen and oxygen atoms in total. The number of halogens is 3. The third kappa shape index (κ3) is 11.5. The number of nitrogens with two attached hydrogens (primary N) is 1. The van der Waals surface area contributed by atoms with Gasteiger partial charge in [0.25, 0.3) is 11.1 Å². The molecule has 4 aliphatic heterocycles. The molecule has 0 spiro atoms. The number of carbonyl (C=O) groups excluding carboxylic acids is 4. The number of carbonyl (C=O) groups is 4. The van der Waals surface area contributed by atoms with E-state index in [2.05, 4.69) is 15.1 Å². The molecule has 2 aromatic rings. The molecule has 15 heteroatoms. The number of nitrogens with zero attached hydrogens (tertiary/aromatic N) is 6. The second kappa shape index (κ2) is 19.8. The van der Waals surface area contributed by atoms with Crippen molar-refractivity contribution in [3.8, 4) is 0 Å². The van der Waals surface area contributed by atoms with Gasteiger partial charge in [0, 0.05) is 118 Å². The zero-order valence-electron chi connectivity index (χ0n) is 31.6. The average molecular weight is 818 g/mol. The van der Waals surface area contributed by atoms with E-state index in [4.69, 9.17) is 40.5 Å². The lowest BCUT2D eigenvalue weighted by molar-refractivity contribution is 0.0796. The lowest BCUT2D eigenvalue weighted by atomic mass is 9.91. The Morgan fingerprint density at radius 2 is 0.982 bits per heavy atom. The van der Waals surface area contributed by atoms with E-state index < -0.39 is 5.24 Å². The Bertz CT molecular complexity index is 1600. The lowest BCUT2D eigenvalue weighted by Crippen LogP contribution is -2.63. The maximum Gasteiger partial charge on any atom is 0.320 e. The molecular formula is C40H55Cl3N8O4. The molecule has 2 saturated carbocycles. The number of nitrogens with one attached hydrogen (secondary N) is 1. The fourth-order valence-electron chi connectivity index (χ4n) is 7.74. The maximum absolute atomic E-state index is 12.7. The summed E-state index contributed by atoms with van der Waals surface area (Å²) in [6.07, 6.45) is 10.2. The number of hydrogen-bond donors (Lipinski definition) is 2. The van der Waals surface area contributed by atoms with Crippen LogP contribution in [0.25, 0.3) is 0 Å². The van der Waals surface area contributed by atoms with E-state index in [1.54, 1.807) is 48.5 Å². The molecule has 0 aromatic heterocycles. The summed E-state index contributed by atoms with van der Waals surface area (Å²) in [7, 11) is 0. The minimum absolute atomic E-state index is 0.0237. The second-order valence-electron chi connectivity index (χ2n) is 15.5. The van der Waals surface area contributed by atoms with E-state index in [-0.39, 0.29) is 30.1 Å². The minimum Gasteiger partial charge on any atom is -0.346 e. The van der Waals surface area contributed by atoms with Crippen molar-refractivity contribution in [3.05, 3.63) is 69.7 Å². The van der Waals surface area contributed by atoms with Crippen LogP contribution in [0.1, 0.15) is 72.1 Å². The third-order valence-electron chi connectivity index (χ3n) is 11.6. The van der Waals surface area contributed by atoms with Crippen LogP contribution in [0.2, 0.25) is 10.0 Å². The van der Waals surface area contributed by atoms with Gasteiger partial charge in [-0.15, -0.1) is 0 Å². The van der Waals surface area contributed by atoms with Gasteiger partial charge in [-0.3, -0.25) is 19.4 Å². The van der Waals surface area contributed by atoms with Gasteiger partial charge in [-0.05, 0) is 98.7 Å². The predicted molar refractivity (Wildman–Crippen MR) is 217 cm³/mol. The molecule has 5 amide bonds. The van der Waals surface area contributed by atoms with Crippen LogP contribution in [-0.4, -0.2) is 155 Å². The first-order chi connectivity index (χ1) is 26.5. The molecule has 4 heterocycles. The van der Waals surface area contributed by atoms with Gasteiger partial charge in [-0.1, -0.05) is 36.0 Å². The van der Waals surface area contributed by atoms with Crippen molar-refractivity contribution >= 4 is 58.0 Å². The van der Waals surface area contributed by atoms with E-state index in [9.17, 15) is 19.2 Å². The van der Waals surface area contributed by atoms with Gasteiger partial charge in [0.1, 0.15) is 0 Å². The summed E-state index contributed by atoms with van der Waals surface area (Å²) in [5, 5.41) is 3.74. The van der Waals surface area contributed by atoms with Crippen molar-refractivity contribution < 1.29 is 19.2 Å². The first-order valence-corrected chi connectivity index (χ1v) is 21.0. The van der Waals surface area contributed by atoms with Crippen LogP contribution in [-0.2, 0) is 0 Å². The zero-order chi connectivity index (χ0) is 38.9. The average Bonchev–Trinajstić information content (AvgIpc) is 3.49. The summed E-state index contributed by atoms with van der Waals surface area (Å²) in [6, 6.07) is 15.3. The van der Waals surface area contributed by atoms with Crippen LogP contribution in [0.15, 0.2) is 48.5 Å². The van der Waals surface area contributed by atoms with Gasteiger partial charge in [-0.25, -0.2) is 9.59 Å². The smallest absolute Gasteiger partial charge is 0.320 e. The number of rotatable bonds is 5. The standard InChI is InChI=1S/C20H27ClN4O2.C13H24N4O.C7H4Cl2O/c21-16-7-5-15(6-8-16)19(26)22-17-13-25(14-17)20(27)24-10-2-9-23(11-12-24)18-3-1-4-18;14-11-9-17(10-11)13(18)16-6-2-5-15(7-8-16)12-3-1-4-12;8-6-3-1-5(2-4-6)7(9)10/h5-8,17-18H,1-4,9-14H2,(H,22,26);11-12H,1-10,14H2;1-4H. The molecule has 0 bridgehead atoms. The van der Waals surface area contributed by atoms with Crippen LogP contribution < -0.4 is 11.1 Å². The van der Waals surface area contributed by atoms with E-state index in [1.807, 2.05) is 19.6 Å². The molecule has 4 saturated heterocycles. The fourth-order valence-corrected chi connectivity index (χ4v) is 8.12. The molecule has 0 radical (unpaired) electrons. The van der Waals surface area contributed by atoms with Crippen molar-refractivity contribution in [2.45, 2.75) is 75.5 Å². The summed E-state index contributed by atoms with van der Waals surface area (Å²) in [5.41, 5.74) is 6.79. The van der Waals surface area contributed by atoms with E-state index in [1.165, 1.54) is 38.5 Å². The topological polar surface area (TPSA) is 126 Å². The summed E-state index contributed by atoms with van der Waals surface area (Å²) in [5.74, 6) is -0.116. The molecule has 6 aliphatic rings. The largest absolute Gasteiger partial charge is 0.346 e. The fraction of sp³-hybridized carbons (Fsp3) is 0.600. The van der Waals surface area contributed by atoms with Crippen molar-refractivity contribution in [3.63, 3.8) is 0 Å². The highest BCUT2D eigenvalue weighted by atomic mass is 35.5. The molecule has 0 atom stereocenters. The molecule has 2 aromatic carbocycles. The number of hydrogen-bond acceptors (Lipinski definition) is 7. The summed E-state index contributed by atoms with van der Waals surface area (Å²) >= 11 is 16.6. The molecule has 6 fully saturated rings. The highest BCUT2D eigenvalue weighted by molar-refractivity contribution is 6.67. The molecule has 3 N–H and O–H groups in total. The van der Waals surface area contributed by atoms with Gasteiger partial charge in [0.2, 0.25) is 0 Å². The van der Waals surface area contributed by atoms with Crippen molar-refractivity contribution in [2.24, 2.45) is 5.73 Å². The molecule has 55 heavy (non-hydrogen) atoms. The molecule has 8 rings (SSSR count). The summed E-state index contributed by atoms with van der Waals surface area (Å²) < 4.78 is 0. The summed E-state index contributed by atoms with van der Waals surface area (Å²) in [6.45, 7) is 10.4. The predicted octanol–water partition coefficient (Wildman–Crippen LogP) is 5.46. The summed E-state index contributed by atoms with van der Waals surface area (Å²) in [4.78, 5) is 60.5. The number of urea groups is 2. The monoisotopic (exact) mass is 816 g/mol. The van der Waals surface area contributed by atoms with Crippen LogP contribution in [0.4, 0.5) is 9.59 Å². The van der Waals surface area contributed by atoms with Gasteiger partial charge in [-0.2, -0.15) is 0 Å². The van der Waals surface area contributed by atoms with E-state index >= 15 is 0 Å². The lowest BCUT2D eigenvalue weighted by Gasteiger charge is -2.42. The van der Waals surface area contributed by atoms with Crippen molar-refractivity contribution in [1.82, 2.24) is 34.7 Å². The van der Waals surface area contributed by atoms with Gasteiger partial charge >= 0.3 is 12.1 Å². The highest BCUT2D eigenvalue weighted by Gasteiger charge is 2.36. The van der Waals surface area contributed by atoms with Crippen LogP contribution in [0.3, 0.4) is 0 Å². The SMILES string of the molecule is NC1CN(C(=O)N2CCCN(C3CCC3)CC2)C1.O=C(Cl)c1ccc(Cl)cc1.O=C(NC1CN(C(=O)N2CCCN(C3CCC3)CC2)C1)c1ccc(Cl)cc1. The number of likely N-dealkylation sites (tertiary alicyclic amines) is 2. The number of amides is 5. The van der Waals surface area contributed by atoms with Crippen molar-refractivity contribution in [2.75, 3.05) is 78.5 Å². The Balaban J connectivity index is 0.000000157. The van der Waals surface area contributed by atoms with E-state index in [0.29, 0.717) is 34.3 Å². The number of benzene rings is 2. The third-order valence-corrected chi connectivity index (χ3v) is 12.4. The molecule has 300 valence electrons. The second-order valence-corrected chi connectivity index (χ2v) is 16.7. The van der Waals surface area contributed by atoms with Gasteiger partial charge in [0.05, 0.1) is 6.04 Å².